The van der Waals surface area contributed by atoms with E-state index in [2.05, 4.69) is 67.3 Å². The van der Waals surface area contributed by atoms with Crippen molar-refractivity contribution in [2.45, 2.75) is 242 Å². The fourth-order valence-electron chi connectivity index (χ4n) is 8.00. The molecule has 0 bridgehead atoms. The maximum atomic E-state index is 14.0. The van der Waals surface area contributed by atoms with Gasteiger partial charge in [0.05, 0.1) is 12.0 Å². The number of rotatable bonds is 31. The molecule has 0 N–H and O–H groups in total. The number of ether oxygens (including phenoxy) is 2. The van der Waals surface area contributed by atoms with Gasteiger partial charge in [-0.25, -0.2) is 0 Å². The zero-order valence-electron chi connectivity index (χ0n) is 37.2. The number of unbranched alkanes of at least 4 members (excludes halogenated alkanes) is 15. The van der Waals surface area contributed by atoms with Crippen molar-refractivity contribution < 1.29 is 19.1 Å². The molecule has 310 valence electrons. The molecule has 2 atom stereocenters. The molecular formula is C47H93NO4. The van der Waals surface area contributed by atoms with Crippen molar-refractivity contribution in [2.75, 3.05) is 26.7 Å². The van der Waals surface area contributed by atoms with Gasteiger partial charge in [0.1, 0.15) is 6.10 Å². The fraction of sp³-hybridized carbons (Fsp3) is 0.957. The van der Waals surface area contributed by atoms with Crippen LogP contribution in [0.2, 0.25) is 0 Å². The molecule has 1 aliphatic heterocycles. The second-order valence-electron chi connectivity index (χ2n) is 17.7. The summed E-state index contributed by atoms with van der Waals surface area (Å²) in [6.45, 7) is 24.8. The van der Waals surface area contributed by atoms with Crippen molar-refractivity contribution in [1.29, 1.82) is 0 Å². The first kappa shape index (κ1) is 50.9. The molecule has 0 saturated carbocycles. The maximum Gasteiger partial charge on any atom is 0.312 e. The van der Waals surface area contributed by atoms with Crippen LogP contribution in [0.15, 0.2) is 0 Å². The third kappa shape index (κ3) is 20.5. The van der Waals surface area contributed by atoms with Gasteiger partial charge in [-0.1, -0.05) is 158 Å². The lowest BCUT2D eigenvalue weighted by atomic mass is 9.51. The number of carbonyl (C=O) groups excluding carboxylic acids is 2. The first-order valence-electron chi connectivity index (χ1n) is 22.9. The van der Waals surface area contributed by atoms with Crippen LogP contribution >= 0.6 is 0 Å². The highest BCUT2D eigenvalue weighted by molar-refractivity contribution is 5.77. The van der Waals surface area contributed by atoms with Gasteiger partial charge in [-0.2, -0.15) is 0 Å². The highest BCUT2D eigenvalue weighted by Crippen LogP contribution is 2.56. The smallest absolute Gasteiger partial charge is 0.312 e. The third-order valence-electron chi connectivity index (χ3n) is 13.1. The van der Waals surface area contributed by atoms with Crippen LogP contribution in [0, 0.1) is 22.2 Å². The Morgan fingerprint density at radius 3 is 1.58 bits per heavy atom. The van der Waals surface area contributed by atoms with Crippen molar-refractivity contribution >= 4 is 11.9 Å². The summed E-state index contributed by atoms with van der Waals surface area (Å²) >= 11 is 0. The average Bonchev–Trinajstić information content (AvgIpc) is 3.12. The predicted octanol–water partition coefficient (Wildman–Crippen LogP) is 14.3. The Labute approximate surface area is 326 Å². The highest BCUT2D eigenvalue weighted by Gasteiger charge is 2.55. The van der Waals surface area contributed by atoms with E-state index in [1.807, 2.05) is 13.8 Å². The van der Waals surface area contributed by atoms with Crippen molar-refractivity contribution in [3.8, 4) is 0 Å². The van der Waals surface area contributed by atoms with Crippen molar-refractivity contribution in [3.05, 3.63) is 0 Å². The van der Waals surface area contributed by atoms with Gasteiger partial charge in [0, 0.05) is 6.42 Å². The molecule has 5 nitrogen and oxygen atoms in total. The van der Waals surface area contributed by atoms with Crippen LogP contribution in [0.4, 0.5) is 0 Å². The number of hydrogen-bond donors (Lipinski definition) is 0. The largest absolute Gasteiger partial charge is 0.466 e. The second kappa shape index (κ2) is 30.2. The predicted molar refractivity (Wildman–Crippen MR) is 226 cm³/mol. The van der Waals surface area contributed by atoms with E-state index in [0.29, 0.717) is 18.9 Å². The van der Waals surface area contributed by atoms with Crippen LogP contribution in [-0.2, 0) is 19.1 Å². The molecule has 0 aliphatic carbocycles. The van der Waals surface area contributed by atoms with Crippen LogP contribution in [0.3, 0.4) is 0 Å². The molecule has 0 radical (unpaired) electrons. The summed E-state index contributed by atoms with van der Waals surface area (Å²) in [5.41, 5.74) is -0.606. The fourth-order valence-corrected chi connectivity index (χ4v) is 8.00. The Balaban J connectivity index is 0.0000128. The molecule has 0 aromatic carbocycles. The quantitative estimate of drug-likeness (QED) is 0.0524. The maximum absolute atomic E-state index is 14.0. The van der Waals surface area contributed by atoms with E-state index < -0.39 is 5.41 Å². The number of nitrogens with zero attached hydrogens (tertiary/aromatic N) is 1. The number of esters is 2. The lowest BCUT2D eigenvalue weighted by molar-refractivity contribution is -0.177. The molecule has 0 aromatic heterocycles. The SMILES string of the molecule is CC.CCCCCCCCCC(CCCCCCCCOC(=O)CC(CCCC)CCCCCC)OC(=O)C(C)(C)C(C)(C)C1(C)CCN(C)CC1. The van der Waals surface area contributed by atoms with Crippen LogP contribution in [-0.4, -0.2) is 49.7 Å². The van der Waals surface area contributed by atoms with E-state index in [-0.39, 0.29) is 28.9 Å². The summed E-state index contributed by atoms with van der Waals surface area (Å²) in [5, 5.41) is 0. The minimum atomic E-state index is -0.551. The number of carbonyl (C=O) groups is 2. The van der Waals surface area contributed by atoms with E-state index in [4.69, 9.17) is 9.47 Å². The van der Waals surface area contributed by atoms with Gasteiger partial charge in [0.25, 0.3) is 0 Å². The summed E-state index contributed by atoms with van der Waals surface area (Å²) in [6, 6.07) is 0. The molecule has 0 aromatic rings. The normalized spacial score (nSPS) is 16.1. The van der Waals surface area contributed by atoms with E-state index in [1.54, 1.807) is 0 Å². The molecule has 1 aliphatic rings. The third-order valence-corrected chi connectivity index (χ3v) is 13.1. The van der Waals surface area contributed by atoms with Crippen molar-refractivity contribution in [1.82, 2.24) is 4.90 Å². The van der Waals surface area contributed by atoms with Gasteiger partial charge in [-0.3, -0.25) is 9.59 Å². The molecule has 2 unspecified atom stereocenters. The molecule has 1 rings (SSSR count). The lowest BCUT2D eigenvalue weighted by Crippen LogP contribution is -2.54. The number of likely N-dealkylation sites (tertiary alicyclic amines) is 1. The summed E-state index contributed by atoms with van der Waals surface area (Å²) in [4.78, 5) is 28.9. The zero-order valence-corrected chi connectivity index (χ0v) is 37.2. The molecular weight excluding hydrogens is 643 g/mol. The Morgan fingerprint density at radius 2 is 1.06 bits per heavy atom. The minimum absolute atomic E-state index is 0.00155. The average molecular weight is 736 g/mol. The Kier molecular flexibility index (Phi) is 29.5. The molecule has 0 spiro atoms. The second-order valence-corrected chi connectivity index (χ2v) is 17.7. The summed E-state index contributed by atoms with van der Waals surface area (Å²) in [7, 11) is 2.21. The zero-order chi connectivity index (χ0) is 39.3. The molecule has 5 heteroatoms. The van der Waals surface area contributed by atoms with Crippen LogP contribution in [0.1, 0.15) is 236 Å². The van der Waals surface area contributed by atoms with Gasteiger partial charge in [-0.15, -0.1) is 0 Å². The van der Waals surface area contributed by atoms with Gasteiger partial charge in [-0.05, 0) is 109 Å². The molecule has 1 fully saturated rings. The van der Waals surface area contributed by atoms with E-state index in [9.17, 15) is 9.59 Å². The number of piperidine rings is 1. The van der Waals surface area contributed by atoms with Gasteiger partial charge in [0.15, 0.2) is 0 Å². The first-order valence-corrected chi connectivity index (χ1v) is 22.9. The summed E-state index contributed by atoms with van der Waals surface area (Å²) in [6.07, 6.45) is 30.3. The standard InChI is InChI=1S/C45H87NO4.C2H6/c1-10-13-16-18-19-22-26-31-40(50-42(48)43(4,5)44(6,7)45(8)33-35-46(9)36-34-45)32-27-23-20-21-24-28-37-49-41(47)38-39(29-15-12-3)30-25-17-14-11-2;1-2/h39-40H,10-38H2,1-9H3;1-2H3. The molecule has 52 heavy (non-hydrogen) atoms. The summed E-state index contributed by atoms with van der Waals surface area (Å²) < 4.78 is 12.1. The van der Waals surface area contributed by atoms with Crippen LogP contribution in [0.25, 0.3) is 0 Å². The first-order chi connectivity index (χ1) is 24.8. The Hall–Kier alpha value is -1.10. The van der Waals surface area contributed by atoms with Crippen LogP contribution < -0.4 is 0 Å². The van der Waals surface area contributed by atoms with E-state index in [1.165, 1.54) is 103 Å². The minimum Gasteiger partial charge on any atom is -0.466 e. The Morgan fingerprint density at radius 1 is 0.635 bits per heavy atom. The lowest BCUT2D eigenvalue weighted by Gasteiger charge is -2.55. The Bertz CT molecular complexity index is 859. The van der Waals surface area contributed by atoms with E-state index >= 15 is 0 Å². The summed E-state index contributed by atoms with van der Waals surface area (Å²) in [5.74, 6) is 0.502. The van der Waals surface area contributed by atoms with E-state index in [0.717, 1.165) is 70.9 Å². The van der Waals surface area contributed by atoms with Gasteiger partial charge < -0.3 is 14.4 Å². The van der Waals surface area contributed by atoms with Crippen molar-refractivity contribution in [2.24, 2.45) is 22.2 Å². The van der Waals surface area contributed by atoms with Crippen LogP contribution in [0.5, 0.6) is 0 Å². The van der Waals surface area contributed by atoms with Gasteiger partial charge in [0.2, 0.25) is 0 Å². The van der Waals surface area contributed by atoms with Crippen molar-refractivity contribution in [3.63, 3.8) is 0 Å². The monoisotopic (exact) mass is 736 g/mol. The highest BCUT2D eigenvalue weighted by atomic mass is 16.5. The topological polar surface area (TPSA) is 55.8 Å². The molecule has 0 amide bonds. The molecule has 1 heterocycles. The number of hydrogen-bond acceptors (Lipinski definition) is 5. The molecule has 1 saturated heterocycles. The van der Waals surface area contributed by atoms with Gasteiger partial charge >= 0.3 is 11.9 Å².